The highest BCUT2D eigenvalue weighted by Crippen LogP contribution is 2.41. The minimum atomic E-state index is -0.505. The van der Waals surface area contributed by atoms with Crippen LogP contribution in [0.5, 0.6) is 0 Å². The summed E-state index contributed by atoms with van der Waals surface area (Å²) in [4.78, 5) is 0. The molecule has 2 fully saturated rings. The van der Waals surface area contributed by atoms with Gasteiger partial charge in [-0.2, -0.15) is 5.26 Å². The molecule has 0 N–H and O–H groups in total. The van der Waals surface area contributed by atoms with Gasteiger partial charge in [-0.05, 0) is 12.8 Å². The zero-order valence-corrected chi connectivity index (χ0v) is 6.38. The van der Waals surface area contributed by atoms with E-state index < -0.39 is 5.79 Å². The summed E-state index contributed by atoms with van der Waals surface area (Å²) in [5, 5.41) is 8.78. The third-order valence-electron chi connectivity index (χ3n) is 2.48. The van der Waals surface area contributed by atoms with Crippen molar-refractivity contribution < 1.29 is 9.47 Å². The van der Waals surface area contributed by atoms with Crippen molar-refractivity contribution in [1.82, 2.24) is 0 Å². The predicted molar refractivity (Wildman–Crippen MR) is 37.6 cm³/mol. The second-order valence-corrected chi connectivity index (χ2v) is 3.08. The van der Waals surface area contributed by atoms with Crippen LogP contribution in [0.25, 0.3) is 0 Å². The molecule has 1 heterocycles. The molecule has 11 heavy (non-hydrogen) atoms. The SMILES string of the molecule is N#C[C@H]1CCCC12OCCO2. The average Bonchev–Trinajstić information content (AvgIpc) is 2.62. The van der Waals surface area contributed by atoms with E-state index in [9.17, 15) is 0 Å². The minimum absolute atomic E-state index is 0.0370. The Hall–Kier alpha value is -0.590. The molecule has 60 valence electrons. The van der Waals surface area contributed by atoms with Gasteiger partial charge in [-0.15, -0.1) is 0 Å². The summed E-state index contributed by atoms with van der Waals surface area (Å²) in [6.07, 6.45) is 2.87. The van der Waals surface area contributed by atoms with Gasteiger partial charge < -0.3 is 9.47 Å². The fourth-order valence-electron chi connectivity index (χ4n) is 1.93. The molecular formula is C8H11NO2. The lowest BCUT2D eigenvalue weighted by Gasteiger charge is -2.24. The first-order valence-electron chi connectivity index (χ1n) is 4.05. The van der Waals surface area contributed by atoms with Crippen LogP contribution in [0.4, 0.5) is 0 Å². The van der Waals surface area contributed by atoms with Crippen LogP contribution in [-0.2, 0) is 9.47 Å². The Morgan fingerprint density at radius 3 is 2.73 bits per heavy atom. The van der Waals surface area contributed by atoms with E-state index in [0.29, 0.717) is 13.2 Å². The molecular weight excluding hydrogens is 142 g/mol. The number of nitriles is 1. The Kier molecular flexibility index (Phi) is 1.59. The van der Waals surface area contributed by atoms with Crippen LogP contribution < -0.4 is 0 Å². The molecule has 3 heteroatoms. The molecule has 1 spiro atoms. The molecule has 1 saturated carbocycles. The largest absolute Gasteiger partial charge is 0.346 e. The maximum absolute atomic E-state index is 8.78. The summed E-state index contributed by atoms with van der Waals surface area (Å²) in [6, 6.07) is 2.25. The van der Waals surface area contributed by atoms with Gasteiger partial charge in [-0.1, -0.05) is 0 Å². The molecule has 2 aliphatic rings. The van der Waals surface area contributed by atoms with E-state index in [4.69, 9.17) is 14.7 Å². The van der Waals surface area contributed by atoms with Crippen molar-refractivity contribution in [2.24, 2.45) is 5.92 Å². The lowest BCUT2D eigenvalue weighted by molar-refractivity contribution is -0.168. The molecule has 0 aromatic carbocycles. The zero-order valence-electron chi connectivity index (χ0n) is 6.38. The third kappa shape index (κ3) is 0.943. The summed E-state index contributed by atoms with van der Waals surface area (Å²) in [7, 11) is 0. The number of hydrogen-bond acceptors (Lipinski definition) is 3. The van der Waals surface area contributed by atoms with Gasteiger partial charge in [0.15, 0.2) is 5.79 Å². The van der Waals surface area contributed by atoms with Crippen molar-refractivity contribution >= 4 is 0 Å². The van der Waals surface area contributed by atoms with Crippen LogP contribution in [0.15, 0.2) is 0 Å². The van der Waals surface area contributed by atoms with Crippen LogP contribution in [0.2, 0.25) is 0 Å². The molecule has 2 rings (SSSR count). The normalized spacial score (nSPS) is 34.3. The Morgan fingerprint density at radius 2 is 2.09 bits per heavy atom. The van der Waals surface area contributed by atoms with E-state index in [-0.39, 0.29) is 5.92 Å². The summed E-state index contributed by atoms with van der Waals surface area (Å²) in [5.41, 5.74) is 0. The van der Waals surface area contributed by atoms with E-state index in [1.807, 2.05) is 0 Å². The van der Waals surface area contributed by atoms with Gasteiger partial charge in [0.05, 0.1) is 19.3 Å². The first-order chi connectivity index (χ1) is 5.37. The molecule has 3 nitrogen and oxygen atoms in total. The fourth-order valence-corrected chi connectivity index (χ4v) is 1.93. The monoisotopic (exact) mass is 153 g/mol. The highest BCUT2D eigenvalue weighted by Gasteiger charge is 2.48. The molecule has 0 amide bonds. The summed E-state index contributed by atoms with van der Waals surface area (Å²) in [6.45, 7) is 1.30. The Labute approximate surface area is 65.9 Å². The molecule has 1 saturated heterocycles. The summed E-state index contributed by atoms with van der Waals surface area (Å²) < 4.78 is 10.9. The Morgan fingerprint density at radius 1 is 1.36 bits per heavy atom. The number of nitrogens with zero attached hydrogens (tertiary/aromatic N) is 1. The van der Waals surface area contributed by atoms with E-state index in [2.05, 4.69) is 6.07 Å². The van der Waals surface area contributed by atoms with Gasteiger partial charge in [0.1, 0.15) is 5.92 Å². The van der Waals surface area contributed by atoms with Crippen LogP contribution in [0.1, 0.15) is 19.3 Å². The molecule has 0 bridgehead atoms. The Bertz CT molecular complexity index is 185. The molecule has 0 radical (unpaired) electrons. The van der Waals surface area contributed by atoms with E-state index in [0.717, 1.165) is 19.3 Å². The smallest absolute Gasteiger partial charge is 0.184 e. The van der Waals surface area contributed by atoms with E-state index >= 15 is 0 Å². The minimum Gasteiger partial charge on any atom is -0.346 e. The van der Waals surface area contributed by atoms with Gasteiger partial charge in [-0.3, -0.25) is 0 Å². The Balaban J connectivity index is 2.17. The number of rotatable bonds is 0. The maximum Gasteiger partial charge on any atom is 0.184 e. The number of ether oxygens (including phenoxy) is 2. The summed E-state index contributed by atoms with van der Waals surface area (Å²) in [5.74, 6) is -0.542. The van der Waals surface area contributed by atoms with Gasteiger partial charge in [-0.25, -0.2) is 0 Å². The van der Waals surface area contributed by atoms with Crippen molar-refractivity contribution in [3.63, 3.8) is 0 Å². The first kappa shape index (κ1) is 7.08. The van der Waals surface area contributed by atoms with Crippen molar-refractivity contribution in [2.75, 3.05) is 13.2 Å². The van der Waals surface area contributed by atoms with Crippen molar-refractivity contribution in [1.29, 1.82) is 5.26 Å². The molecule has 1 atom stereocenters. The van der Waals surface area contributed by atoms with E-state index in [1.54, 1.807) is 0 Å². The second-order valence-electron chi connectivity index (χ2n) is 3.08. The molecule has 0 aromatic rings. The molecule has 0 aromatic heterocycles. The van der Waals surface area contributed by atoms with Gasteiger partial charge >= 0.3 is 0 Å². The fraction of sp³-hybridized carbons (Fsp3) is 0.875. The van der Waals surface area contributed by atoms with Crippen LogP contribution in [-0.4, -0.2) is 19.0 Å². The van der Waals surface area contributed by atoms with E-state index in [1.165, 1.54) is 0 Å². The zero-order chi connectivity index (χ0) is 7.73. The van der Waals surface area contributed by atoms with Crippen molar-refractivity contribution in [3.8, 4) is 6.07 Å². The average molecular weight is 153 g/mol. The quantitative estimate of drug-likeness (QED) is 0.522. The van der Waals surface area contributed by atoms with Crippen molar-refractivity contribution in [3.05, 3.63) is 0 Å². The maximum atomic E-state index is 8.78. The van der Waals surface area contributed by atoms with Crippen LogP contribution in [0.3, 0.4) is 0 Å². The van der Waals surface area contributed by atoms with Gasteiger partial charge in [0.25, 0.3) is 0 Å². The highest BCUT2D eigenvalue weighted by atomic mass is 16.7. The molecule has 1 aliphatic carbocycles. The highest BCUT2D eigenvalue weighted by molar-refractivity contribution is 5.00. The predicted octanol–water partition coefficient (Wildman–Crippen LogP) is 1.05. The standard InChI is InChI=1S/C8H11NO2/c9-6-7-2-1-3-8(7)10-4-5-11-8/h7H,1-5H2/t7-/m1/s1. The summed E-state index contributed by atoms with van der Waals surface area (Å²) >= 11 is 0. The van der Waals surface area contributed by atoms with Crippen LogP contribution in [0, 0.1) is 17.2 Å². The lowest BCUT2D eigenvalue weighted by Crippen LogP contribution is -2.33. The molecule has 1 aliphatic heterocycles. The van der Waals surface area contributed by atoms with Crippen LogP contribution >= 0.6 is 0 Å². The van der Waals surface area contributed by atoms with Crippen molar-refractivity contribution in [2.45, 2.75) is 25.0 Å². The lowest BCUT2D eigenvalue weighted by atomic mass is 10.1. The molecule has 0 unspecified atom stereocenters. The van der Waals surface area contributed by atoms with Gasteiger partial charge in [0.2, 0.25) is 0 Å². The topological polar surface area (TPSA) is 42.2 Å². The second kappa shape index (κ2) is 2.47. The first-order valence-corrected chi connectivity index (χ1v) is 4.05. The van der Waals surface area contributed by atoms with Gasteiger partial charge in [0, 0.05) is 6.42 Å². The third-order valence-corrected chi connectivity index (χ3v) is 2.48. The number of hydrogen-bond donors (Lipinski definition) is 0.